The van der Waals surface area contributed by atoms with Crippen molar-refractivity contribution in [3.8, 4) is 5.75 Å². The first-order valence-corrected chi connectivity index (χ1v) is 7.34. The number of ether oxygens (including phenoxy) is 1. The van der Waals surface area contributed by atoms with Gasteiger partial charge in [0.1, 0.15) is 11.3 Å². The number of aliphatic imine (C=N–C) groups is 1. The second-order valence-corrected chi connectivity index (χ2v) is 5.49. The van der Waals surface area contributed by atoms with Gasteiger partial charge in [-0.15, -0.1) is 0 Å². The van der Waals surface area contributed by atoms with Crippen LogP contribution < -0.4 is 15.4 Å². The molecule has 1 saturated heterocycles. The van der Waals surface area contributed by atoms with Gasteiger partial charge in [-0.25, -0.2) is 0 Å². The zero-order valence-electron chi connectivity index (χ0n) is 12.9. The summed E-state index contributed by atoms with van der Waals surface area (Å²) in [5.74, 6) is 1.43. The van der Waals surface area contributed by atoms with Gasteiger partial charge in [-0.1, -0.05) is 19.1 Å². The molecule has 2 rings (SSSR count). The summed E-state index contributed by atoms with van der Waals surface area (Å²) in [6, 6.07) is 7.93. The van der Waals surface area contributed by atoms with Gasteiger partial charge in [-0.05, 0) is 43.9 Å². The summed E-state index contributed by atoms with van der Waals surface area (Å²) < 4.78 is 5.14. The van der Waals surface area contributed by atoms with Crippen LogP contribution in [-0.4, -0.2) is 31.1 Å². The van der Waals surface area contributed by atoms with Gasteiger partial charge in [0, 0.05) is 6.54 Å². The Labute approximate surface area is 125 Å². The van der Waals surface area contributed by atoms with E-state index in [9.17, 15) is 4.79 Å². The van der Waals surface area contributed by atoms with Crippen LogP contribution in [0, 0.1) is 0 Å². The monoisotopic (exact) mass is 289 g/mol. The number of carbonyl (C=O) groups excluding carboxylic acids is 1. The Morgan fingerprint density at radius 1 is 1.29 bits per heavy atom. The van der Waals surface area contributed by atoms with E-state index in [1.165, 1.54) is 5.56 Å². The molecule has 1 aromatic rings. The highest BCUT2D eigenvalue weighted by Crippen LogP contribution is 2.19. The topological polar surface area (TPSA) is 62.7 Å². The number of aryl methyl sites for hydroxylation is 1. The van der Waals surface area contributed by atoms with E-state index >= 15 is 0 Å². The van der Waals surface area contributed by atoms with Crippen LogP contribution in [0.15, 0.2) is 29.3 Å². The smallest absolute Gasteiger partial charge is 0.252 e. The highest BCUT2D eigenvalue weighted by atomic mass is 16.5. The molecule has 0 aliphatic carbocycles. The van der Waals surface area contributed by atoms with Gasteiger partial charge in [-0.2, -0.15) is 0 Å². The number of hydrogen-bond donors (Lipinski definition) is 2. The molecule has 114 valence electrons. The molecule has 5 nitrogen and oxygen atoms in total. The summed E-state index contributed by atoms with van der Waals surface area (Å²) in [6.07, 6.45) is 2.50. The summed E-state index contributed by atoms with van der Waals surface area (Å²) in [6.45, 7) is 4.70. The maximum atomic E-state index is 12.1. The fourth-order valence-corrected chi connectivity index (χ4v) is 2.26. The SMILES string of the molecule is CCCN=C1NC(=O)C(C)(CCc2ccc(OC)cc2)N1. The maximum absolute atomic E-state index is 12.1. The molecule has 1 aliphatic heterocycles. The molecule has 1 aromatic carbocycles. The van der Waals surface area contributed by atoms with Crippen LogP contribution in [0.25, 0.3) is 0 Å². The third kappa shape index (κ3) is 3.74. The number of guanidine groups is 1. The van der Waals surface area contributed by atoms with Crippen molar-refractivity contribution in [2.75, 3.05) is 13.7 Å². The number of hydrogen-bond acceptors (Lipinski definition) is 3. The van der Waals surface area contributed by atoms with Gasteiger partial charge in [0.05, 0.1) is 7.11 Å². The first kappa shape index (κ1) is 15.4. The minimum Gasteiger partial charge on any atom is -0.497 e. The Morgan fingerprint density at radius 2 is 2.00 bits per heavy atom. The Hall–Kier alpha value is -2.04. The molecule has 0 bridgehead atoms. The van der Waals surface area contributed by atoms with Gasteiger partial charge < -0.3 is 10.1 Å². The summed E-state index contributed by atoms with van der Waals surface area (Å²) in [5.41, 5.74) is 0.595. The van der Waals surface area contributed by atoms with Crippen LogP contribution in [0.3, 0.4) is 0 Å². The predicted molar refractivity (Wildman–Crippen MR) is 83.6 cm³/mol. The molecule has 0 radical (unpaired) electrons. The number of rotatable bonds is 6. The van der Waals surface area contributed by atoms with Gasteiger partial charge >= 0.3 is 0 Å². The molecule has 1 heterocycles. The number of benzene rings is 1. The fraction of sp³-hybridized carbons (Fsp3) is 0.500. The second-order valence-electron chi connectivity index (χ2n) is 5.49. The number of nitrogens with zero attached hydrogens (tertiary/aromatic N) is 1. The minimum atomic E-state index is -0.591. The zero-order valence-corrected chi connectivity index (χ0v) is 12.9. The summed E-state index contributed by atoms with van der Waals surface area (Å²) >= 11 is 0. The summed E-state index contributed by atoms with van der Waals surface area (Å²) in [7, 11) is 1.65. The molecule has 5 heteroatoms. The minimum absolute atomic E-state index is 0.00846. The van der Waals surface area contributed by atoms with E-state index < -0.39 is 5.54 Å². The molecule has 2 N–H and O–H groups in total. The predicted octanol–water partition coefficient (Wildman–Crippen LogP) is 1.87. The van der Waals surface area contributed by atoms with Crippen molar-refractivity contribution >= 4 is 11.9 Å². The molecule has 1 atom stereocenters. The summed E-state index contributed by atoms with van der Waals surface area (Å²) in [4.78, 5) is 16.4. The first-order chi connectivity index (χ1) is 10.1. The third-order valence-corrected chi connectivity index (χ3v) is 3.69. The highest BCUT2D eigenvalue weighted by Gasteiger charge is 2.40. The Balaban J connectivity index is 1.96. The van der Waals surface area contributed by atoms with Crippen molar-refractivity contribution in [3.63, 3.8) is 0 Å². The van der Waals surface area contributed by atoms with Crippen molar-refractivity contribution < 1.29 is 9.53 Å². The number of methoxy groups -OCH3 is 1. The van der Waals surface area contributed by atoms with E-state index in [2.05, 4.69) is 22.5 Å². The van der Waals surface area contributed by atoms with Crippen molar-refractivity contribution in [2.45, 2.75) is 38.6 Å². The van der Waals surface area contributed by atoms with E-state index in [0.29, 0.717) is 5.96 Å². The van der Waals surface area contributed by atoms with E-state index in [-0.39, 0.29) is 5.91 Å². The Morgan fingerprint density at radius 3 is 2.62 bits per heavy atom. The molecule has 0 spiro atoms. The van der Waals surface area contributed by atoms with Gasteiger partial charge in [0.2, 0.25) is 0 Å². The Bertz CT molecular complexity index is 525. The average molecular weight is 289 g/mol. The number of amides is 1. The second kappa shape index (κ2) is 6.61. The lowest BCUT2D eigenvalue weighted by Crippen LogP contribution is -2.44. The van der Waals surface area contributed by atoms with Crippen LogP contribution in [0.4, 0.5) is 0 Å². The average Bonchev–Trinajstić information content (AvgIpc) is 2.79. The normalized spacial score (nSPS) is 23.0. The van der Waals surface area contributed by atoms with Crippen molar-refractivity contribution in [1.29, 1.82) is 0 Å². The third-order valence-electron chi connectivity index (χ3n) is 3.69. The molecule has 1 unspecified atom stereocenters. The van der Waals surface area contributed by atoms with Crippen LogP contribution in [-0.2, 0) is 11.2 Å². The quantitative estimate of drug-likeness (QED) is 0.840. The fourth-order valence-electron chi connectivity index (χ4n) is 2.26. The molecule has 0 saturated carbocycles. The van der Waals surface area contributed by atoms with Crippen LogP contribution >= 0.6 is 0 Å². The molecule has 1 fully saturated rings. The summed E-state index contributed by atoms with van der Waals surface area (Å²) in [5, 5.41) is 6.02. The molecule has 1 aliphatic rings. The molecule has 0 aromatic heterocycles. The Kier molecular flexibility index (Phi) is 4.83. The van der Waals surface area contributed by atoms with E-state index in [4.69, 9.17) is 4.74 Å². The van der Waals surface area contributed by atoms with Crippen molar-refractivity contribution in [2.24, 2.45) is 4.99 Å². The van der Waals surface area contributed by atoms with Gasteiger partial charge in [0.25, 0.3) is 5.91 Å². The molecular formula is C16H23N3O2. The maximum Gasteiger partial charge on any atom is 0.252 e. The van der Waals surface area contributed by atoms with E-state index in [1.807, 2.05) is 31.2 Å². The highest BCUT2D eigenvalue weighted by molar-refractivity contribution is 6.08. The van der Waals surface area contributed by atoms with Crippen molar-refractivity contribution in [3.05, 3.63) is 29.8 Å². The van der Waals surface area contributed by atoms with Crippen LogP contribution in [0.1, 0.15) is 32.3 Å². The number of carbonyl (C=O) groups is 1. The lowest BCUT2D eigenvalue weighted by Gasteiger charge is -2.21. The number of nitrogens with one attached hydrogen (secondary N) is 2. The molecule has 1 amide bonds. The molecule has 21 heavy (non-hydrogen) atoms. The van der Waals surface area contributed by atoms with Crippen LogP contribution in [0.5, 0.6) is 5.75 Å². The molecular weight excluding hydrogens is 266 g/mol. The van der Waals surface area contributed by atoms with Gasteiger partial charge in [-0.3, -0.25) is 15.1 Å². The van der Waals surface area contributed by atoms with Gasteiger partial charge in [0.15, 0.2) is 5.96 Å². The first-order valence-electron chi connectivity index (χ1n) is 7.34. The lowest BCUT2D eigenvalue weighted by molar-refractivity contribution is -0.123. The standard InChI is InChI=1S/C16H23N3O2/c1-4-11-17-15-18-14(20)16(2,19-15)10-9-12-5-7-13(21-3)8-6-12/h5-8H,4,9-11H2,1-3H3,(H2,17,18,19,20). The van der Waals surface area contributed by atoms with E-state index in [1.54, 1.807) is 7.11 Å². The van der Waals surface area contributed by atoms with Crippen LogP contribution in [0.2, 0.25) is 0 Å². The largest absolute Gasteiger partial charge is 0.497 e. The lowest BCUT2D eigenvalue weighted by atomic mass is 9.93. The van der Waals surface area contributed by atoms with Crippen molar-refractivity contribution in [1.82, 2.24) is 10.6 Å². The van der Waals surface area contributed by atoms with E-state index in [0.717, 1.165) is 31.6 Å². The zero-order chi connectivity index (χ0) is 15.3.